The van der Waals surface area contributed by atoms with E-state index in [1.54, 1.807) is 0 Å². The van der Waals surface area contributed by atoms with Gasteiger partial charge in [-0.1, -0.05) is 30.3 Å². The highest BCUT2D eigenvalue weighted by molar-refractivity contribution is 5.83. The van der Waals surface area contributed by atoms with Crippen molar-refractivity contribution in [2.75, 3.05) is 26.2 Å². The molecule has 3 heteroatoms. The highest BCUT2D eigenvalue weighted by Crippen LogP contribution is 2.28. The molecule has 102 valence electrons. The first kappa shape index (κ1) is 12.7. The third kappa shape index (κ3) is 2.66. The van der Waals surface area contributed by atoms with Crippen LogP contribution in [0.15, 0.2) is 30.3 Å². The zero-order chi connectivity index (χ0) is 13.1. The molecule has 2 saturated heterocycles. The molecule has 3 rings (SSSR count). The third-order valence-electron chi connectivity index (χ3n) is 4.27. The van der Waals surface area contributed by atoms with Gasteiger partial charge in [0.1, 0.15) is 6.04 Å². The van der Waals surface area contributed by atoms with Gasteiger partial charge in [-0.3, -0.25) is 9.69 Å². The van der Waals surface area contributed by atoms with Crippen LogP contribution in [-0.4, -0.2) is 41.9 Å². The van der Waals surface area contributed by atoms with Crippen LogP contribution >= 0.6 is 0 Å². The molecule has 1 aromatic rings. The second kappa shape index (κ2) is 5.74. The lowest BCUT2D eigenvalue weighted by Crippen LogP contribution is -2.40. The Bertz CT molecular complexity index is 420. The molecule has 19 heavy (non-hydrogen) atoms. The minimum absolute atomic E-state index is 0.0539. The summed E-state index contributed by atoms with van der Waals surface area (Å²) >= 11 is 0. The third-order valence-corrected chi connectivity index (χ3v) is 4.27. The number of benzene rings is 1. The Labute approximate surface area is 115 Å². The van der Waals surface area contributed by atoms with Gasteiger partial charge >= 0.3 is 0 Å². The van der Waals surface area contributed by atoms with Crippen LogP contribution in [0.5, 0.6) is 0 Å². The number of hydrogen-bond acceptors (Lipinski definition) is 2. The van der Waals surface area contributed by atoms with Gasteiger partial charge in [-0.25, -0.2) is 0 Å². The number of carbonyl (C=O) groups excluding carboxylic acids is 1. The minimum atomic E-state index is -0.0539. The quantitative estimate of drug-likeness (QED) is 0.831. The number of rotatable bonds is 3. The Hall–Kier alpha value is -1.35. The molecule has 0 spiro atoms. The van der Waals surface area contributed by atoms with E-state index in [2.05, 4.69) is 21.9 Å². The summed E-state index contributed by atoms with van der Waals surface area (Å²) in [5.41, 5.74) is 1.15. The summed E-state index contributed by atoms with van der Waals surface area (Å²) in [6, 6.07) is 10.2. The molecule has 2 fully saturated rings. The fourth-order valence-corrected chi connectivity index (χ4v) is 3.26. The topological polar surface area (TPSA) is 23.6 Å². The number of likely N-dealkylation sites (tertiary alicyclic amines) is 2. The first-order valence-corrected chi connectivity index (χ1v) is 7.44. The molecule has 0 N–H and O–H groups in total. The van der Waals surface area contributed by atoms with Crippen molar-refractivity contribution in [1.82, 2.24) is 9.80 Å². The zero-order valence-electron chi connectivity index (χ0n) is 11.4. The molecule has 0 unspecified atom stereocenters. The van der Waals surface area contributed by atoms with Crippen molar-refractivity contribution in [3.05, 3.63) is 35.9 Å². The largest absolute Gasteiger partial charge is 0.341 e. The van der Waals surface area contributed by atoms with E-state index < -0.39 is 0 Å². The lowest BCUT2D eigenvalue weighted by atomic mass is 10.0. The van der Waals surface area contributed by atoms with Crippen molar-refractivity contribution >= 4 is 5.91 Å². The first-order valence-electron chi connectivity index (χ1n) is 7.44. The first-order chi connectivity index (χ1) is 9.36. The number of nitrogens with zero attached hydrogens (tertiary/aromatic N) is 2. The number of hydrogen-bond donors (Lipinski definition) is 0. The Morgan fingerprint density at radius 2 is 1.47 bits per heavy atom. The van der Waals surface area contributed by atoms with Crippen molar-refractivity contribution in [1.29, 1.82) is 0 Å². The van der Waals surface area contributed by atoms with Crippen LogP contribution < -0.4 is 0 Å². The van der Waals surface area contributed by atoms with E-state index in [1.807, 2.05) is 18.2 Å². The maximum atomic E-state index is 12.8. The van der Waals surface area contributed by atoms with Crippen LogP contribution in [0.25, 0.3) is 0 Å². The molecule has 0 saturated carbocycles. The van der Waals surface area contributed by atoms with Crippen molar-refractivity contribution in [3.8, 4) is 0 Å². The summed E-state index contributed by atoms with van der Waals surface area (Å²) in [6.07, 6.45) is 4.76. The zero-order valence-corrected chi connectivity index (χ0v) is 11.4. The fraction of sp³-hybridized carbons (Fsp3) is 0.562. The summed E-state index contributed by atoms with van der Waals surface area (Å²) < 4.78 is 0. The van der Waals surface area contributed by atoms with E-state index in [4.69, 9.17) is 0 Å². The van der Waals surface area contributed by atoms with Gasteiger partial charge in [0.25, 0.3) is 0 Å². The second-order valence-corrected chi connectivity index (χ2v) is 5.59. The van der Waals surface area contributed by atoms with Crippen LogP contribution in [0.4, 0.5) is 0 Å². The van der Waals surface area contributed by atoms with Gasteiger partial charge in [0.15, 0.2) is 0 Å². The molecule has 1 atom stereocenters. The molecule has 1 aromatic carbocycles. The van der Waals surface area contributed by atoms with E-state index in [1.165, 1.54) is 12.8 Å². The number of amides is 1. The van der Waals surface area contributed by atoms with E-state index in [0.29, 0.717) is 5.91 Å². The lowest BCUT2D eigenvalue weighted by Gasteiger charge is -2.30. The average Bonchev–Trinajstić information content (AvgIpc) is 3.13. The van der Waals surface area contributed by atoms with E-state index in [0.717, 1.165) is 44.6 Å². The predicted octanol–water partition coefficient (Wildman–Crippen LogP) is 2.45. The molecule has 2 heterocycles. The molecule has 0 bridgehead atoms. The van der Waals surface area contributed by atoms with Crippen LogP contribution in [0.1, 0.15) is 37.3 Å². The van der Waals surface area contributed by atoms with E-state index in [9.17, 15) is 4.79 Å². The van der Waals surface area contributed by atoms with E-state index in [-0.39, 0.29) is 6.04 Å². The predicted molar refractivity (Wildman–Crippen MR) is 75.8 cm³/mol. The molecule has 2 aliphatic rings. The normalized spacial score (nSPS) is 21.8. The molecule has 0 aromatic heterocycles. The van der Waals surface area contributed by atoms with E-state index >= 15 is 0 Å². The second-order valence-electron chi connectivity index (χ2n) is 5.59. The SMILES string of the molecule is O=C([C@H](c1ccccc1)N1CCCC1)N1CCCC1. The summed E-state index contributed by atoms with van der Waals surface area (Å²) in [6.45, 7) is 3.99. The molecule has 2 aliphatic heterocycles. The molecular weight excluding hydrogens is 236 g/mol. The van der Waals surface area contributed by atoms with Crippen LogP contribution in [0, 0.1) is 0 Å². The Morgan fingerprint density at radius 3 is 2.11 bits per heavy atom. The van der Waals surface area contributed by atoms with Crippen molar-refractivity contribution < 1.29 is 4.79 Å². The lowest BCUT2D eigenvalue weighted by molar-refractivity contribution is -0.135. The summed E-state index contributed by atoms with van der Waals surface area (Å²) in [5.74, 6) is 0.311. The van der Waals surface area contributed by atoms with Gasteiger partial charge in [0, 0.05) is 13.1 Å². The highest BCUT2D eigenvalue weighted by Gasteiger charge is 2.33. The van der Waals surface area contributed by atoms with Crippen LogP contribution in [0.2, 0.25) is 0 Å². The Balaban J connectivity index is 1.85. The Kier molecular flexibility index (Phi) is 3.83. The van der Waals surface area contributed by atoms with Gasteiger partial charge in [0.05, 0.1) is 0 Å². The smallest absolute Gasteiger partial charge is 0.244 e. The van der Waals surface area contributed by atoms with Gasteiger partial charge in [-0.05, 0) is 44.3 Å². The molecule has 0 aliphatic carbocycles. The van der Waals surface area contributed by atoms with Gasteiger partial charge in [0.2, 0.25) is 5.91 Å². The van der Waals surface area contributed by atoms with Gasteiger partial charge < -0.3 is 4.90 Å². The van der Waals surface area contributed by atoms with Crippen LogP contribution in [0.3, 0.4) is 0 Å². The summed E-state index contributed by atoms with van der Waals surface area (Å²) in [5, 5.41) is 0. The molecule has 3 nitrogen and oxygen atoms in total. The highest BCUT2D eigenvalue weighted by atomic mass is 16.2. The monoisotopic (exact) mass is 258 g/mol. The molecule has 1 amide bonds. The average molecular weight is 258 g/mol. The molecular formula is C16H22N2O. The molecule has 0 radical (unpaired) electrons. The summed E-state index contributed by atoms with van der Waals surface area (Å²) in [7, 11) is 0. The number of carbonyl (C=O) groups is 1. The van der Waals surface area contributed by atoms with Crippen molar-refractivity contribution in [3.63, 3.8) is 0 Å². The summed E-state index contributed by atoms with van der Waals surface area (Å²) in [4.78, 5) is 17.2. The van der Waals surface area contributed by atoms with Crippen molar-refractivity contribution in [2.45, 2.75) is 31.7 Å². The minimum Gasteiger partial charge on any atom is -0.341 e. The maximum Gasteiger partial charge on any atom is 0.244 e. The van der Waals surface area contributed by atoms with Gasteiger partial charge in [-0.2, -0.15) is 0 Å². The van der Waals surface area contributed by atoms with Gasteiger partial charge in [-0.15, -0.1) is 0 Å². The maximum absolute atomic E-state index is 12.8. The van der Waals surface area contributed by atoms with Crippen LogP contribution in [-0.2, 0) is 4.79 Å². The standard InChI is InChI=1S/C16H22N2O/c19-16(18-12-6-7-13-18)15(17-10-4-5-11-17)14-8-2-1-3-9-14/h1-3,8-9,15H,4-7,10-13H2/t15-/m0/s1. The van der Waals surface area contributed by atoms with Crippen molar-refractivity contribution in [2.24, 2.45) is 0 Å². The Morgan fingerprint density at radius 1 is 0.895 bits per heavy atom. The fourth-order valence-electron chi connectivity index (χ4n) is 3.26.